The quantitative estimate of drug-likeness (QED) is 0.867. The zero-order chi connectivity index (χ0) is 14.4. The van der Waals surface area contributed by atoms with E-state index in [1.165, 1.54) is 25.7 Å². The zero-order valence-electron chi connectivity index (χ0n) is 12.6. The van der Waals surface area contributed by atoms with Crippen LogP contribution in [-0.2, 0) is 11.3 Å². The minimum absolute atomic E-state index is 0.0808. The summed E-state index contributed by atoms with van der Waals surface area (Å²) in [4.78, 5) is 11.8. The maximum Gasteiger partial charge on any atom is 0.234 e. The first-order valence-electron chi connectivity index (χ1n) is 7.59. The van der Waals surface area contributed by atoms with Gasteiger partial charge in [0, 0.05) is 12.6 Å². The maximum atomic E-state index is 11.8. The molecule has 1 aliphatic rings. The minimum atomic E-state index is 0.0808. The van der Waals surface area contributed by atoms with E-state index in [9.17, 15) is 4.79 Å². The number of hydrogen-bond acceptors (Lipinski definition) is 2. The third-order valence-corrected chi connectivity index (χ3v) is 4.09. The molecule has 0 heterocycles. The number of nitrogens with one attached hydrogen (secondary N) is 2. The van der Waals surface area contributed by atoms with Gasteiger partial charge in [-0.1, -0.05) is 50.6 Å². The van der Waals surface area contributed by atoms with Crippen molar-refractivity contribution in [1.29, 1.82) is 0 Å². The molecule has 0 aromatic heterocycles. The fourth-order valence-electron chi connectivity index (χ4n) is 2.97. The first-order chi connectivity index (χ1) is 9.55. The summed E-state index contributed by atoms with van der Waals surface area (Å²) in [7, 11) is 0. The number of rotatable bonds is 5. The number of carbonyl (C=O) groups excluding carboxylic acids is 1. The Morgan fingerprint density at radius 1 is 1.30 bits per heavy atom. The van der Waals surface area contributed by atoms with Crippen molar-refractivity contribution in [2.75, 3.05) is 6.54 Å². The van der Waals surface area contributed by atoms with Gasteiger partial charge in [0.1, 0.15) is 0 Å². The van der Waals surface area contributed by atoms with Gasteiger partial charge in [-0.3, -0.25) is 4.79 Å². The average Bonchev–Trinajstić information content (AvgIpc) is 2.43. The summed E-state index contributed by atoms with van der Waals surface area (Å²) in [6, 6.07) is 10.5. The molecule has 1 atom stereocenters. The Hall–Kier alpha value is -1.35. The molecule has 1 fully saturated rings. The molecule has 0 saturated heterocycles. The van der Waals surface area contributed by atoms with Crippen LogP contribution in [0, 0.1) is 5.41 Å². The molecule has 1 unspecified atom stereocenters. The Bertz CT molecular complexity index is 428. The van der Waals surface area contributed by atoms with Crippen LogP contribution in [0.15, 0.2) is 30.3 Å². The zero-order valence-corrected chi connectivity index (χ0v) is 12.6. The van der Waals surface area contributed by atoms with Crippen LogP contribution in [0.25, 0.3) is 0 Å². The summed E-state index contributed by atoms with van der Waals surface area (Å²) >= 11 is 0. The largest absolute Gasteiger partial charge is 0.351 e. The summed E-state index contributed by atoms with van der Waals surface area (Å²) in [6.45, 7) is 5.66. The van der Waals surface area contributed by atoms with E-state index in [0.717, 1.165) is 5.56 Å². The highest BCUT2D eigenvalue weighted by Gasteiger charge is 2.27. The van der Waals surface area contributed by atoms with Crippen molar-refractivity contribution in [2.45, 2.75) is 52.1 Å². The van der Waals surface area contributed by atoms with E-state index in [-0.39, 0.29) is 5.91 Å². The van der Waals surface area contributed by atoms with Gasteiger partial charge in [0.2, 0.25) is 5.91 Å². The fourth-order valence-corrected chi connectivity index (χ4v) is 2.97. The molecule has 1 amide bonds. The molecule has 0 aliphatic heterocycles. The van der Waals surface area contributed by atoms with E-state index in [4.69, 9.17) is 0 Å². The topological polar surface area (TPSA) is 41.1 Å². The fraction of sp³-hybridized carbons (Fsp3) is 0.588. The Morgan fingerprint density at radius 3 is 2.75 bits per heavy atom. The molecule has 1 aromatic carbocycles. The van der Waals surface area contributed by atoms with Gasteiger partial charge in [0.25, 0.3) is 0 Å². The molecule has 1 aliphatic carbocycles. The monoisotopic (exact) mass is 274 g/mol. The Labute approximate surface area is 122 Å². The van der Waals surface area contributed by atoms with E-state index in [1.807, 2.05) is 30.3 Å². The summed E-state index contributed by atoms with van der Waals surface area (Å²) < 4.78 is 0. The SMILES string of the molecule is CC1(C)CCCC(NCC(=O)NCc2ccccc2)C1. The molecule has 1 aromatic rings. The van der Waals surface area contributed by atoms with Gasteiger partial charge in [-0.15, -0.1) is 0 Å². The first-order valence-corrected chi connectivity index (χ1v) is 7.59. The summed E-state index contributed by atoms with van der Waals surface area (Å²) in [5.74, 6) is 0.0808. The van der Waals surface area contributed by atoms with Crippen molar-refractivity contribution >= 4 is 5.91 Å². The predicted molar refractivity (Wildman–Crippen MR) is 82.3 cm³/mol. The smallest absolute Gasteiger partial charge is 0.234 e. The van der Waals surface area contributed by atoms with Crippen LogP contribution < -0.4 is 10.6 Å². The van der Waals surface area contributed by atoms with E-state index in [1.54, 1.807) is 0 Å². The van der Waals surface area contributed by atoms with E-state index < -0.39 is 0 Å². The van der Waals surface area contributed by atoms with Crippen LogP contribution in [0.1, 0.15) is 45.1 Å². The van der Waals surface area contributed by atoms with Crippen LogP contribution in [0.4, 0.5) is 0 Å². The highest BCUT2D eigenvalue weighted by molar-refractivity contribution is 5.78. The maximum absolute atomic E-state index is 11.8. The lowest BCUT2D eigenvalue weighted by molar-refractivity contribution is -0.120. The number of hydrogen-bond donors (Lipinski definition) is 2. The average molecular weight is 274 g/mol. The van der Waals surface area contributed by atoms with Gasteiger partial charge in [0.05, 0.1) is 6.54 Å². The third-order valence-electron chi connectivity index (χ3n) is 4.09. The van der Waals surface area contributed by atoms with Crippen molar-refractivity contribution in [2.24, 2.45) is 5.41 Å². The summed E-state index contributed by atoms with van der Waals surface area (Å²) in [6.07, 6.45) is 4.91. The van der Waals surface area contributed by atoms with Gasteiger partial charge in [0.15, 0.2) is 0 Å². The van der Waals surface area contributed by atoms with Gasteiger partial charge >= 0.3 is 0 Å². The number of amides is 1. The number of benzene rings is 1. The highest BCUT2D eigenvalue weighted by atomic mass is 16.1. The normalized spacial score (nSPS) is 21.4. The molecule has 20 heavy (non-hydrogen) atoms. The second-order valence-electron chi connectivity index (χ2n) is 6.60. The van der Waals surface area contributed by atoms with E-state index in [2.05, 4.69) is 24.5 Å². The van der Waals surface area contributed by atoms with Crippen molar-refractivity contribution in [3.05, 3.63) is 35.9 Å². The second kappa shape index (κ2) is 6.89. The van der Waals surface area contributed by atoms with Gasteiger partial charge in [-0.2, -0.15) is 0 Å². The van der Waals surface area contributed by atoms with Gasteiger partial charge in [-0.25, -0.2) is 0 Å². The highest BCUT2D eigenvalue weighted by Crippen LogP contribution is 2.34. The molecular formula is C17H26N2O. The Balaban J connectivity index is 1.67. The van der Waals surface area contributed by atoms with E-state index in [0.29, 0.717) is 24.5 Å². The molecule has 3 nitrogen and oxygen atoms in total. The lowest BCUT2D eigenvalue weighted by Gasteiger charge is -2.35. The van der Waals surface area contributed by atoms with Crippen LogP contribution in [-0.4, -0.2) is 18.5 Å². The van der Waals surface area contributed by atoms with Crippen molar-refractivity contribution < 1.29 is 4.79 Å². The lowest BCUT2D eigenvalue weighted by Crippen LogP contribution is -2.42. The standard InChI is InChI=1S/C17H26N2O/c1-17(2)10-6-9-15(11-17)18-13-16(20)19-12-14-7-4-3-5-8-14/h3-5,7-8,15,18H,6,9-13H2,1-2H3,(H,19,20). The minimum Gasteiger partial charge on any atom is -0.351 e. The molecule has 0 bridgehead atoms. The van der Waals surface area contributed by atoms with Crippen LogP contribution >= 0.6 is 0 Å². The summed E-state index contributed by atoms with van der Waals surface area (Å²) in [5.41, 5.74) is 1.55. The Morgan fingerprint density at radius 2 is 2.05 bits per heavy atom. The first kappa shape index (κ1) is 15.0. The molecule has 0 spiro atoms. The third kappa shape index (κ3) is 4.97. The van der Waals surface area contributed by atoms with Gasteiger partial charge in [-0.05, 0) is 30.2 Å². The molecular weight excluding hydrogens is 248 g/mol. The van der Waals surface area contributed by atoms with Crippen molar-refractivity contribution in [1.82, 2.24) is 10.6 Å². The van der Waals surface area contributed by atoms with Crippen LogP contribution in [0.3, 0.4) is 0 Å². The second-order valence-corrected chi connectivity index (χ2v) is 6.60. The van der Waals surface area contributed by atoms with Gasteiger partial charge < -0.3 is 10.6 Å². The summed E-state index contributed by atoms with van der Waals surface area (Å²) in [5, 5.41) is 6.36. The predicted octanol–water partition coefficient (Wildman–Crippen LogP) is 2.86. The van der Waals surface area contributed by atoms with E-state index >= 15 is 0 Å². The molecule has 2 N–H and O–H groups in total. The number of carbonyl (C=O) groups is 1. The molecule has 110 valence electrons. The van der Waals surface area contributed by atoms with Crippen LogP contribution in [0.2, 0.25) is 0 Å². The lowest BCUT2D eigenvalue weighted by atomic mass is 9.75. The molecule has 2 rings (SSSR count). The molecule has 3 heteroatoms. The molecule has 0 radical (unpaired) electrons. The molecule has 1 saturated carbocycles. The van der Waals surface area contributed by atoms with Crippen molar-refractivity contribution in [3.63, 3.8) is 0 Å². The Kier molecular flexibility index (Phi) is 5.18. The van der Waals surface area contributed by atoms with Crippen molar-refractivity contribution in [3.8, 4) is 0 Å². The van der Waals surface area contributed by atoms with Crippen LogP contribution in [0.5, 0.6) is 0 Å².